The summed E-state index contributed by atoms with van der Waals surface area (Å²) < 4.78 is 31.6. The topological polar surface area (TPSA) is 90.3 Å². The average Bonchev–Trinajstić information content (AvgIpc) is 2.61. The van der Waals surface area contributed by atoms with Crippen LogP contribution in [0.5, 0.6) is 0 Å². The van der Waals surface area contributed by atoms with Crippen molar-refractivity contribution in [1.29, 1.82) is 0 Å². The second-order valence-electron chi connectivity index (χ2n) is 3.97. The van der Waals surface area contributed by atoms with Gasteiger partial charge in [0.25, 0.3) is 10.2 Å². The zero-order chi connectivity index (χ0) is 11.8. The summed E-state index contributed by atoms with van der Waals surface area (Å²) in [5, 5.41) is 18.7. The van der Waals surface area contributed by atoms with Crippen LogP contribution in [0.4, 0.5) is 0 Å². The van der Waals surface area contributed by atoms with Crippen molar-refractivity contribution in [2.45, 2.75) is 12.2 Å². The van der Waals surface area contributed by atoms with Crippen LogP contribution in [-0.4, -0.2) is 78.8 Å². The minimum atomic E-state index is -3.56. The molecule has 0 amide bonds. The van der Waals surface area contributed by atoms with Gasteiger partial charge in [-0.25, -0.2) is 0 Å². The van der Waals surface area contributed by atoms with Crippen molar-refractivity contribution >= 4 is 10.2 Å². The SMILES string of the molecule is O=S(=O)(N1CCOCC1)N1CC(O)C(O)C1. The molecule has 2 aliphatic heterocycles. The lowest BCUT2D eigenvalue weighted by molar-refractivity contribution is 0.0572. The highest BCUT2D eigenvalue weighted by Gasteiger charge is 2.40. The van der Waals surface area contributed by atoms with Crippen LogP contribution < -0.4 is 0 Å². The number of nitrogens with zero attached hydrogens (tertiary/aromatic N) is 2. The van der Waals surface area contributed by atoms with E-state index < -0.39 is 22.4 Å². The van der Waals surface area contributed by atoms with Crippen LogP contribution in [-0.2, 0) is 14.9 Å². The van der Waals surface area contributed by atoms with Gasteiger partial charge in [0.1, 0.15) is 0 Å². The monoisotopic (exact) mass is 252 g/mol. The van der Waals surface area contributed by atoms with E-state index in [1.807, 2.05) is 0 Å². The van der Waals surface area contributed by atoms with E-state index >= 15 is 0 Å². The maximum absolute atomic E-state index is 12.1. The first-order valence-electron chi connectivity index (χ1n) is 5.21. The summed E-state index contributed by atoms with van der Waals surface area (Å²) in [6, 6.07) is 0. The Bertz CT molecular complexity index is 330. The molecule has 0 spiro atoms. The van der Waals surface area contributed by atoms with Gasteiger partial charge in [-0.2, -0.15) is 17.0 Å². The predicted molar refractivity (Wildman–Crippen MR) is 54.9 cm³/mol. The molecule has 0 bridgehead atoms. The molecular formula is C8H16N2O5S. The van der Waals surface area contributed by atoms with Crippen LogP contribution in [0.3, 0.4) is 0 Å². The molecule has 2 atom stereocenters. The first-order valence-corrected chi connectivity index (χ1v) is 6.60. The Morgan fingerprint density at radius 1 is 1.00 bits per heavy atom. The number of hydrogen-bond acceptors (Lipinski definition) is 5. The van der Waals surface area contributed by atoms with Crippen LogP contribution in [0.25, 0.3) is 0 Å². The molecule has 0 radical (unpaired) electrons. The third-order valence-electron chi connectivity index (χ3n) is 2.85. The molecule has 8 heteroatoms. The van der Waals surface area contributed by atoms with Gasteiger partial charge in [0, 0.05) is 26.2 Å². The van der Waals surface area contributed by atoms with Gasteiger partial charge in [0.2, 0.25) is 0 Å². The highest BCUT2D eigenvalue weighted by molar-refractivity contribution is 7.86. The van der Waals surface area contributed by atoms with Crippen LogP contribution in [0.1, 0.15) is 0 Å². The minimum Gasteiger partial charge on any atom is -0.389 e. The first kappa shape index (κ1) is 12.2. The number of aliphatic hydroxyl groups is 2. The molecule has 2 unspecified atom stereocenters. The number of aliphatic hydroxyl groups excluding tert-OH is 2. The fourth-order valence-electron chi connectivity index (χ4n) is 1.86. The molecule has 2 saturated heterocycles. The molecule has 2 aliphatic rings. The third-order valence-corrected chi connectivity index (χ3v) is 4.82. The lowest BCUT2D eigenvalue weighted by atomic mass is 10.3. The van der Waals surface area contributed by atoms with Gasteiger partial charge in [-0.05, 0) is 0 Å². The summed E-state index contributed by atoms with van der Waals surface area (Å²) in [5.74, 6) is 0. The average molecular weight is 252 g/mol. The van der Waals surface area contributed by atoms with E-state index in [2.05, 4.69) is 0 Å². The predicted octanol–water partition coefficient (Wildman–Crippen LogP) is -2.40. The number of hydrogen-bond donors (Lipinski definition) is 2. The van der Waals surface area contributed by atoms with Gasteiger partial charge in [-0.1, -0.05) is 0 Å². The van der Waals surface area contributed by atoms with E-state index in [9.17, 15) is 18.6 Å². The molecule has 0 aliphatic carbocycles. The zero-order valence-corrected chi connectivity index (χ0v) is 9.64. The van der Waals surface area contributed by atoms with Gasteiger partial charge in [-0.3, -0.25) is 0 Å². The van der Waals surface area contributed by atoms with Gasteiger partial charge >= 0.3 is 0 Å². The maximum Gasteiger partial charge on any atom is 0.282 e. The minimum absolute atomic E-state index is 0.0408. The summed E-state index contributed by atoms with van der Waals surface area (Å²) in [7, 11) is -3.56. The van der Waals surface area contributed by atoms with E-state index in [4.69, 9.17) is 4.74 Å². The van der Waals surface area contributed by atoms with Crippen molar-refractivity contribution in [3.63, 3.8) is 0 Å². The highest BCUT2D eigenvalue weighted by atomic mass is 32.2. The van der Waals surface area contributed by atoms with E-state index in [0.717, 1.165) is 4.31 Å². The van der Waals surface area contributed by atoms with E-state index in [1.54, 1.807) is 0 Å². The number of β-amino-alcohol motifs (C(OH)–C–C–N with tert-alkyl or cyclic N) is 2. The normalized spacial score (nSPS) is 34.4. The van der Waals surface area contributed by atoms with Gasteiger partial charge in [0.15, 0.2) is 0 Å². The van der Waals surface area contributed by atoms with Crippen molar-refractivity contribution in [3.05, 3.63) is 0 Å². The Kier molecular flexibility index (Phi) is 3.48. The lowest BCUT2D eigenvalue weighted by Crippen LogP contribution is -2.48. The van der Waals surface area contributed by atoms with Gasteiger partial charge in [-0.15, -0.1) is 0 Å². The smallest absolute Gasteiger partial charge is 0.282 e. The van der Waals surface area contributed by atoms with Crippen molar-refractivity contribution in [2.24, 2.45) is 0 Å². The Morgan fingerprint density at radius 3 is 2.00 bits per heavy atom. The van der Waals surface area contributed by atoms with Crippen LogP contribution in [0.2, 0.25) is 0 Å². The Hall–Kier alpha value is -0.250. The van der Waals surface area contributed by atoms with Gasteiger partial charge < -0.3 is 14.9 Å². The van der Waals surface area contributed by atoms with E-state index in [-0.39, 0.29) is 13.1 Å². The number of morpholine rings is 1. The second kappa shape index (κ2) is 4.55. The fourth-order valence-corrected chi connectivity index (χ4v) is 3.48. The molecule has 2 fully saturated rings. The summed E-state index contributed by atoms with van der Waals surface area (Å²) in [5.41, 5.74) is 0. The fraction of sp³-hybridized carbons (Fsp3) is 1.00. The molecule has 16 heavy (non-hydrogen) atoms. The molecule has 2 N–H and O–H groups in total. The molecule has 0 aromatic carbocycles. The molecule has 0 saturated carbocycles. The second-order valence-corrected chi connectivity index (χ2v) is 5.90. The maximum atomic E-state index is 12.1. The lowest BCUT2D eigenvalue weighted by Gasteiger charge is -2.29. The molecular weight excluding hydrogens is 236 g/mol. The largest absolute Gasteiger partial charge is 0.389 e. The quantitative estimate of drug-likeness (QED) is 0.572. The van der Waals surface area contributed by atoms with Crippen molar-refractivity contribution in [3.8, 4) is 0 Å². The number of rotatable bonds is 2. The first-order chi connectivity index (χ1) is 7.51. The summed E-state index contributed by atoms with van der Waals surface area (Å²) >= 11 is 0. The molecule has 7 nitrogen and oxygen atoms in total. The summed E-state index contributed by atoms with van der Waals surface area (Å²) in [6.45, 7) is 1.34. The number of ether oxygens (including phenoxy) is 1. The van der Waals surface area contributed by atoms with E-state index in [1.165, 1.54) is 4.31 Å². The van der Waals surface area contributed by atoms with Crippen LogP contribution >= 0.6 is 0 Å². The van der Waals surface area contributed by atoms with Crippen molar-refractivity contribution < 1.29 is 23.4 Å². The van der Waals surface area contributed by atoms with Gasteiger partial charge in [0.05, 0.1) is 25.4 Å². The third kappa shape index (κ3) is 2.22. The standard InChI is InChI=1S/C8H16N2O5S/c11-7-5-10(6-8(7)12)16(13,14)9-1-3-15-4-2-9/h7-8,11-12H,1-6H2. The zero-order valence-electron chi connectivity index (χ0n) is 8.82. The Morgan fingerprint density at radius 2 is 1.50 bits per heavy atom. The van der Waals surface area contributed by atoms with Crippen molar-refractivity contribution in [1.82, 2.24) is 8.61 Å². The van der Waals surface area contributed by atoms with Crippen LogP contribution in [0, 0.1) is 0 Å². The van der Waals surface area contributed by atoms with Crippen molar-refractivity contribution in [2.75, 3.05) is 39.4 Å². The molecule has 2 rings (SSSR count). The molecule has 0 aromatic heterocycles. The Labute approximate surface area is 94.4 Å². The summed E-state index contributed by atoms with van der Waals surface area (Å²) in [4.78, 5) is 0. The molecule has 2 heterocycles. The Balaban J connectivity index is 2.07. The van der Waals surface area contributed by atoms with E-state index in [0.29, 0.717) is 26.3 Å². The highest BCUT2D eigenvalue weighted by Crippen LogP contribution is 2.18. The van der Waals surface area contributed by atoms with Crippen LogP contribution in [0.15, 0.2) is 0 Å². The molecule has 94 valence electrons. The summed E-state index contributed by atoms with van der Waals surface area (Å²) in [6.07, 6.45) is -1.98. The molecule has 0 aromatic rings.